The van der Waals surface area contributed by atoms with Gasteiger partial charge in [0.25, 0.3) is 11.8 Å². The third-order valence-electron chi connectivity index (χ3n) is 5.92. The first-order valence-corrected chi connectivity index (χ1v) is 9.21. The van der Waals surface area contributed by atoms with E-state index in [2.05, 4.69) is 5.32 Å². The summed E-state index contributed by atoms with van der Waals surface area (Å²) in [7, 11) is 0. The molecule has 0 aromatic heterocycles. The number of carbonyl (C=O) groups is 4. The molecule has 2 bridgehead atoms. The Morgan fingerprint density at radius 3 is 2.03 bits per heavy atom. The molecule has 4 amide bonds. The van der Waals surface area contributed by atoms with Gasteiger partial charge in [0.15, 0.2) is 17.5 Å². The molecule has 152 valence electrons. The van der Waals surface area contributed by atoms with Crippen molar-refractivity contribution >= 4 is 29.3 Å². The number of nitrogens with zero attached hydrogens (tertiary/aromatic N) is 2. The molecule has 4 fully saturated rings. The van der Waals surface area contributed by atoms with Gasteiger partial charge in [-0.15, -0.1) is 0 Å². The maximum atomic E-state index is 15.2. The van der Waals surface area contributed by atoms with Crippen LogP contribution in [0.25, 0.3) is 0 Å². The van der Waals surface area contributed by atoms with Crippen molar-refractivity contribution in [3.05, 3.63) is 28.6 Å². The van der Waals surface area contributed by atoms with E-state index in [0.717, 1.165) is 6.42 Å². The Balaban J connectivity index is 1.57. The summed E-state index contributed by atoms with van der Waals surface area (Å²) >= 11 is 0. The molecular weight excluding hydrogens is 393 g/mol. The molecule has 0 radical (unpaired) electrons. The van der Waals surface area contributed by atoms with Crippen LogP contribution >= 0.6 is 0 Å². The summed E-state index contributed by atoms with van der Waals surface area (Å²) in [5.74, 6) is -8.45. The van der Waals surface area contributed by atoms with Gasteiger partial charge in [0.1, 0.15) is 11.7 Å². The number of hydrogen-bond acceptors (Lipinski definition) is 6. The minimum absolute atomic E-state index is 0.0150. The van der Waals surface area contributed by atoms with E-state index in [1.165, 1.54) is 4.90 Å². The molecule has 4 saturated heterocycles. The molecule has 8 nitrogen and oxygen atoms in total. The number of hydrogen-bond donors (Lipinski definition) is 2. The van der Waals surface area contributed by atoms with Crippen molar-refractivity contribution in [2.24, 2.45) is 0 Å². The maximum absolute atomic E-state index is 15.2. The van der Waals surface area contributed by atoms with Crippen molar-refractivity contribution < 1.29 is 32.3 Å². The largest absolute Gasteiger partial charge is 0.364 e. The first-order chi connectivity index (χ1) is 13.8. The molecule has 0 saturated carbocycles. The molecule has 6 rings (SSSR count). The average molecular weight is 408 g/mol. The van der Waals surface area contributed by atoms with Gasteiger partial charge < -0.3 is 10.2 Å². The fourth-order valence-electron chi connectivity index (χ4n) is 4.57. The van der Waals surface area contributed by atoms with Crippen LogP contribution in [-0.2, 0) is 9.59 Å². The second-order valence-corrected chi connectivity index (χ2v) is 7.69. The zero-order valence-electron chi connectivity index (χ0n) is 14.9. The van der Waals surface area contributed by atoms with Crippen LogP contribution in [0.5, 0.6) is 0 Å². The predicted octanol–water partition coefficient (Wildman–Crippen LogP) is 0.0556. The lowest BCUT2D eigenvalue weighted by molar-refractivity contribution is -0.136. The summed E-state index contributed by atoms with van der Waals surface area (Å²) < 4.78 is 44.8. The number of benzene rings is 1. The van der Waals surface area contributed by atoms with E-state index in [4.69, 9.17) is 0 Å². The molecule has 5 heterocycles. The highest BCUT2D eigenvalue weighted by Gasteiger charge is 2.50. The minimum Gasteiger partial charge on any atom is -0.364 e. The van der Waals surface area contributed by atoms with Gasteiger partial charge in [-0.05, 0) is 12.8 Å². The second kappa shape index (κ2) is 6.02. The summed E-state index contributed by atoms with van der Waals surface area (Å²) in [4.78, 5) is 50.6. The molecule has 1 aromatic carbocycles. The summed E-state index contributed by atoms with van der Waals surface area (Å²) in [5, 5.41) is 5.16. The van der Waals surface area contributed by atoms with Gasteiger partial charge in [-0.1, -0.05) is 0 Å². The molecule has 3 unspecified atom stereocenters. The molecule has 0 aliphatic carbocycles. The van der Waals surface area contributed by atoms with Crippen molar-refractivity contribution in [1.82, 2.24) is 15.5 Å². The Bertz CT molecular complexity index is 998. The lowest BCUT2D eigenvalue weighted by Gasteiger charge is -2.49. The third-order valence-corrected chi connectivity index (χ3v) is 5.92. The first kappa shape index (κ1) is 18.1. The van der Waals surface area contributed by atoms with E-state index in [1.807, 2.05) is 5.32 Å². The zero-order valence-corrected chi connectivity index (χ0v) is 14.9. The first-order valence-electron chi connectivity index (χ1n) is 9.21. The minimum atomic E-state index is -1.61. The summed E-state index contributed by atoms with van der Waals surface area (Å²) in [6.07, 6.45) is 0.529. The van der Waals surface area contributed by atoms with Gasteiger partial charge in [-0.2, -0.15) is 0 Å². The van der Waals surface area contributed by atoms with Gasteiger partial charge in [0.2, 0.25) is 11.8 Å². The van der Waals surface area contributed by atoms with Crippen molar-refractivity contribution in [2.75, 3.05) is 18.0 Å². The number of piperazine rings is 1. The number of nitrogens with one attached hydrogen (secondary N) is 2. The Morgan fingerprint density at radius 1 is 0.862 bits per heavy atom. The van der Waals surface area contributed by atoms with E-state index < -0.39 is 63.9 Å². The van der Waals surface area contributed by atoms with Crippen LogP contribution in [0, 0.1) is 17.5 Å². The topological polar surface area (TPSA) is 98.8 Å². The van der Waals surface area contributed by atoms with Crippen LogP contribution in [0.15, 0.2) is 0 Å². The molecule has 29 heavy (non-hydrogen) atoms. The lowest BCUT2D eigenvalue weighted by atomic mass is 9.90. The normalized spacial score (nSPS) is 28.4. The molecule has 3 atom stereocenters. The van der Waals surface area contributed by atoms with Gasteiger partial charge in [0, 0.05) is 31.6 Å². The quantitative estimate of drug-likeness (QED) is 0.530. The highest BCUT2D eigenvalue weighted by Crippen LogP contribution is 2.39. The molecule has 5 aliphatic heterocycles. The summed E-state index contributed by atoms with van der Waals surface area (Å²) in [6, 6.07) is -1.36. The Kier molecular flexibility index (Phi) is 3.76. The number of anilines is 1. The second-order valence-electron chi connectivity index (χ2n) is 7.69. The van der Waals surface area contributed by atoms with Crippen molar-refractivity contribution in [2.45, 2.75) is 37.4 Å². The van der Waals surface area contributed by atoms with Crippen molar-refractivity contribution in [1.29, 1.82) is 0 Å². The Morgan fingerprint density at radius 2 is 1.45 bits per heavy atom. The average Bonchev–Trinajstić information content (AvgIpc) is 2.91. The number of fused-ring (bicyclic) bond motifs is 3. The fraction of sp³-hybridized carbons (Fsp3) is 0.444. The zero-order chi connectivity index (χ0) is 20.6. The highest BCUT2D eigenvalue weighted by atomic mass is 19.2. The number of amides is 4. The highest BCUT2D eigenvalue weighted by molar-refractivity contribution is 6.24. The van der Waals surface area contributed by atoms with Crippen LogP contribution in [0.4, 0.5) is 18.9 Å². The van der Waals surface area contributed by atoms with Gasteiger partial charge in [-0.3, -0.25) is 29.4 Å². The maximum Gasteiger partial charge on any atom is 0.265 e. The van der Waals surface area contributed by atoms with E-state index in [1.54, 1.807) is 0 Å². The number of rotatable bonds is 2. The number of halogens is 3. The van der Waals surface area contributed by atoms with Gasteiger partial charge in [0.05, 0.1) is 11.1 Å². The SMILES string of the molecule is O=C1CCC(N2C(=O)c3c(F)c(F)c(N4CC5CC(C4)N5)c(F)c3C2=O)C(=O)N1. The van der Waals surface area contributed by atoms with Gasteiger partial charge in [-0.25, -0.2) is 13.2 Å². The lowest BCUT2D eigenvalue weighted by Crippen LogP contribution is -2.67. The van der Waals surface area contributed by atoms with Gasteiger partial charge >= 0.3 is 0 Å². The Hall–Kier alpha value is -2.95. The van der Waals surface area contributed by atoms with E-state index in [-0.39, 0.29) is 38.0 Å². The van der Waals surface area contributed by atoms with Crippen LogP contribution < -0.4 is 15.5 Å². The van der Waals surface area contributed by atoms with Crippen LogP contribution in [0.2, 0.25) is 0 Å². The molecule has 5 aliphatic rings. The smallest absolute Gasteiger partial charge is 0.265 e. The monoisotopic (exact) mass is 408 g/mol. The number of carbonyl (C=O) groups excluding carboxylic acids is 4. The predicted molar refractivity (Wildman–Crippen MR) is 90.5 cm³/mol. The van der Waals surface area contributed by atoms with E-state index >= 15 is 4.39 Å². The molecule has 2 N–H and O–H groups in total. The third kappa shape index (κ3) is 2.43. The summed E-state index contributed by atoms with van der Waals surface area (Å²) in [5.41, 5.74) is -2.57. The van der Waals surface area contributed by atoms with Crippen LogP contribution in [0.3, 0.4) is 0 Å². The van der Waals surface area contributed by atoms with Crippen molar-refractivity contribution in [3.8, 4) is 0 Å². The Labute approximate surface area is 162 Å². The molecule has 1 aromatic rings. The van der Waals surface area contributed by atoms with Crippen molar-refractivity contribution in [3.63, 3.8) is 0 Å². The van der Waals surface area contributed by atoms with E-state index in [0.29, 0.717) is 4.90 Å². The van der Waals surface area contributed by atoms with E-state index in [9.17, 15) is 28.0 Å². The standard InChI is InChI=1S/C18H15F3N4O4/c19-12-10-11(13(20)15(14(12)21)24-4-6-3-7(5-24)22-6)18(29)25(17(10)28)8-1-2-9(26)23-16(8)27/h6-8,22H,1-5H2,(H,23,26,27). The van der Waals surface area contributed by atoms with Crippen LogP contribution in [0.1, 0.15) is 40.0 Å². The molecular formula is C18H15F3N4O4. The molecule has 11 heteroatoms. The molecule has 0 spiro atoms. The number of imide groups is 2. The fourth-order valence-corrected chi connectivity index (χ4v) is 4.57. The summed E-state index contributed by atoms with van der Waals surface area (Å²) in [6.45, 7) is 0.475. The van der Waals surface area contributed by atoms with Crippen LogP contribution in [-0.4, -0.2) is 59.7 Å². The number of piperidine rings is 2.